The molecule has 76 valence electrons. The topological polar surface area (TPSA) is 37.3 Å². The molecular formula is C13H12O2. The summed E-state index contributed by atoms with van der Waals surface area (Å²) < 4.78 is 0. The quantitative estimate of drug-likeness (QED) is 0.461. The molecule has 2 heteroatoms. The summed E-state index contributed by atoms with van der Waals surface area (Å²) in [6.45, 7) is 0. The first kappa shape index (κ1) is 11.0. The summed E-state index contributed by atoms with van der Waals surface area (Å²) in [6, 6.07) is 6.91. The number of rotatable bonds is 4. The maximum atomic E-state index is 9.93. The summed E-state index contributed by atoms with van der Waals surface area (Å²) in [7, 11) is 0. The molecule has 1 N–H and O–H groups in total. The Hall–Kier alpha value is -2.09. The molecule has 0 saturated heterocycles. The van der Waals surface area contributed by atoms with Crippen molar-refractivity contribution in [1.29, 1.82) is 0 Å². The second-order valence-electron chi connectivity index (χ2n) is 2.86. The zero-order valence-electron chi connectivity index (χ0n) is 8.21. The van der Waals surface area contributed by atoms with Crippen molar-refractivity contribution in [1.82, 2.24) is 0 Å². The lowest BCUT2D eigenvalue weighted by molar-refractivity contribution is -0.104. The van der Waals surface area contributed by atoms with Crippen molar-refractivity contribution in [3.05, 3.63) is 60.2 Å². The van der Waals surface area contributed by atoms with Crippen molar-refractivity contribution in [2.45, 2.75) is 0 Å². The van der Waals surface area contributed by atoms with Crippen LogP contribution in [0.1, 0.15) is 5.56 Å². The molecule has 2 nitrogen and oxygen atoms in total. The van der Waals surface area contributed by atoms with Crippen LogP contribution in [0.3, 0.4) is 0 Å². The molecule has 0 amide bonds. The van der Waals surface area contributed by atoms with Crippen LogP contribution in [0.15, 0.2) is 54.6 Å². The Bertz CT molecular complexity index is 384. The van der Waals surface area contributed by atoms with Gasteiger partial charge in [0.15, 0.2) is 0 Å². The molecule has 1 rings (SSSR count). The second-order valence-corrected chi connectivity index (χ2v) is 2.86. The average molecular weight is 200 g/mol. The van der Waals surface area contributed by atoms with Crippen LogP contribution in [0.25, 0.3) is 6.08 Å². The highest BCUT2D eigenvalue weighted by Crippen LogP contribution is 2.10. The number of allylic oxidation sites excluding steroid dienone is 5. The van der Waals surface area contributed by atoms with Crippen LogP contribution in [0.4, 0.5) is 0 Å². The smallest absolute Gasteiger partial charge is 0.142 e. The third kappa shape index (κ3) is 4.62. The van der Waals surface area contributed by atoms with E-state index in [4.69, 9.17) is 5.11 Å². The van der Waals surface area contributed by atoms with Gasteiger partial charge in [-0.2, -0.15) is 0 Å². The predicted octanol–water partition coefficient (Wildman–Crippen LogP) is 2.72. The summed E-state index contributed by atoms with van der Waals surface area (Å²) >= 11 is 0. The number of phenols is 1. The normalized spacial score (nSPS) is 11.7. The Kier molecular flexibility index (Phi) is 4.67. The van der Waals surface area contributed by atoms with Crippen LogP contribution in [-0.4, -0.2) is 11.4 Å². The Labute approximate surface area is 88.9 Å². The molecule has 0 radical (unpaired) electrons. The third-order valence-electron chi connectivity index (χ3n) is 1.70. The van der Waals surface area contributed by atoms with Gasteiger partial charge in [0.1, 0.15) is 12.0 Å². The van der Waals surface area contributed by atoms with E-state index in [1.54, 1.807) is 24.3 Å². The summed E-state index contributed by atoms with van der Waals surface area (Å²) in [6.07, 6.45) is 11.2. The highest BCUT2D eigenvalue weighted by atomic mass is 16.3. The van der Waals surface area contributed by atoms with Gasteiger partial charge in [0.05, 0.1) is 0 Å². The molecule has 0 aliphatic rings. The minimum absolute atomic E-state index is 0.261. The molecule has 0 aliphatic heterocycles. The van der Waals surface area contributed by atoms with Crippen molar-refractivity contribution < 1.29 is 9.90 Å². The van der Waals surface area contributed by atoms with Gasteiger partial charge in [-0.1, -0.05) is 42.5 Å². The number of carbonyl (C=O) groups excluding carboxylic acids is 1. The SMILES string of the molecule is O=C/C=C/C=C/C=C/c1ccc(O)cc1. The van der Waals surface area contributed by atoms with E-state index in [-0.39, 0.29) is 5.75 Å². The van der Waals surface area contributed by atoms with E-state index < -0.39 is 0 Å². The lowest BCUT2D eigenvalue weighted by atomic mass is 10.2. The second kappa shape index (κ2) is 6.38. The van der Waals surface area contributed by atoms with Gasteiger partial charge in [-0.25, -0.2) is 0 Å². The van der Waals surface area contributed by atoms with Gasteiger partial charge in [0.25, 0.3) is 0 Å². The fourth-order valence-electron chi connectivity index (χ4n) is 0.990. The standard InChI is InChI=1S/C13H12O2/c14-11-5-3-1-2-4-6-12-7-9-13(15)10-8-12/h1-11,15H/b2-1+,5-3+,6-4+. The fraction of sp³-hybridized carbons (Fsp3) is 0. The number of hydrogen-bond acceptors (Lipinski definition) is 2. The predicted molar refractivity (Wildman–Crippen MR) is 61.5 cm³/mol. The Morgan fingerprint density at radius 3 is 2.13 bits per heavy atom. The molecular weight excluding hydrogens is 188 g/mol. The molecule has 0 aliphatic carbocycles. The largest absolute Gasteiger partial charge is 0.508 e. The molecule has 0 saturated carbocycles. The molecule has 0 fully saturated rings. The molecule has 0 aromatic heterocycles. The zero-order chi connectivity index (χ0) is 10.9. The van der Waals surface area contributed by atoms with E-state index >= 15 is 0 Å². The van der Waals surface area contributed by atoms with E-state index in [2.05, 4.69) is 0 Å². The van der Waals surface area contributed by atoms with E-state index in [0.29, 0.717) is 0 Å². The Morgan fingerprint density at radius 1 is 0.867 bits per heavy atom. The van der Waals surface area contributed by atoms with Crippen LogP contribution in [0.5, 0.6) is 5.75 Å². The zero-order valence-corrected chi connectivity index (χ0v) is 8.21. The maximum absolute atomic E-state index is 9.93. The first-order valence-electron chi connectivity index (χ1n) is 4.57. The molecule has 0 atom stereocenters. The molecule has 1 aromatic rings. The Balaban J connectivity index is 2.51. The van der Waals surface area contributed by atoms with Gasteiger partial charge < -0.3 is 5.11 Å². The lowest BCUT2D eigenvalue weighted by Crippen LogP contribution is -1.69. The van der Waals surface area contributed by atoms with E-state index in [1.807, 2.05) is 30.4 Å². The van der Waals surface area contributed by atoms with Gasteiger partial charge in [-0.05, 0) is 23.8 Å². The molecule has 0 heterocycles. The van der Waals surface area contributed by atoms with Crippen LogP contribution in [0, 0.1) is 0 Å². The van der Waals surface area contributed by atoms with Crippen LogP contribution >= 0.6 is 0 Å². The van der Waals surface area contributed by atoms with Crippen LogP contribution in [0.2, 0.25) is 0 Å². The summed E-state index contributed by atoms with van der Waals surface area (Å²) in [5.74, 6) is 0.261. The first-order chi connectivity index (χ1) is 7.33. The molecule has 15 heavy (non-hydrogen) atoms. The minimum Gasteiger partial charge on any atom is -0.508 e. The number of phenolic OH excluding ortho intramolecular Hbond substituents is 1. The number of benzene rings is 1. The van der Waals surface area contributed by atoms with Gasteiger partial charge in [-0.3, -0.25) is 4.79 Å². The lowest BCUT2D eigenvalue weighted by Gasteiger charge is -1.92. The van der Waals surface area contributed by atoms with Crippen molar-refractivity contribution in [3.63, 3.8) is 0 Å². The highest BCUT2D eigenvalue weighted by molar-refractivity contribution is 5.65. The molecule has 1 aromatic carbocycles. The van der Waals surface area contributed by atoms with Crippen LogP contribution < -0.4 is 0 Å². The summed E-state index contributed by atoms with van der Waals surface area (Å²) in [5, 5.41) is 9.05. The van der Waals surface area contributed by atoms with Gasteiger partial charge in [0.2, 0.25) is 0 Å². The van der Waals surface area contributed by atoms with Crippen molar-refractivity contribution in [2.24, 2.45) is 0 Å². The minimum atomic E-state index is 0.261. The van der Waals surface area contributed by atoms with Crippen LogP contribution in [-0.2, 0) is 4.79 Å². The number of aromatic hydroxyl groups is 1. The van der Waals surface area contributed by atoms with Gasteiger partial charge in [-0.15, -0.1) is 0 Å². The number of aldehydes is 1. The Morgan fingerprint density at radius 2 is 1.47 bits per heavy atom. The average Bonchev–Trinajstić information content (AvgIpc) is 2.26. The molecule has 0 unspecified atom stereocenters. The number of hydrogen-bond donors (Lipinski definition) is 1. The fourth-order valence-corrected chi connectivity index (χ4v) is 0.990. The van der Waals surface area contributed by atoms with Gasteiger partial charge >= 0.3 is 0 Å². The molecule has 0 spiro atoms. The summed E-state index contributed by atoms with van der Waals surface area (Å²) in [4.78, 5) is 9.93. The van der Waals surface area contributed by atoms with Crippen molar-refractivity contribution in [3.8, 4) is 5.75 Å². The number of carbonyl (C=O) groups is 1. The van der Waals surface area contributed by atoms with E-state index in [9.17, 15) is 4.79 Å². The summed E-state index contributed by atoms with van der Waals surface area (Å²) in [5.41, 5.74) is 1.01. The molecule has 0 bridgehead atoms. The van der Waals surface area contributed by atoms with E-state index in [0.717, 1.165) is 11.8 Å². The van der Waals surface area contributed by atoms with Crippen molar-refractivity contribution in [2.75, 3.05) is 0 Å². The first-order valence-corrected chi connectivity index (χ1v) is 4.57. The monoisotopic (exact) mass is 200 g/mol. The van der Waals surface area contributed by atoms with Gasteiger partial charge in [0, 0.05) is 0 Å². The van der Waals surface area contributed by atoms with Crippen molar-refractivity contribution >= 4 is 12.4 Å². The maximum Gasteiger partial charge on any atom is 0.142 e. The highest BCUT2D eigenvalue weighted by Gasteiger charge is 1.85. The third-order valence-corrected chi connectivity index (χ3v) is 1.70. The van der Waals surface area contributed by atoms with E-state index in [1.165, 1.54) is 6.08 Å².